The Kier molecular flexibility index (Phi) is 2.81. The van der Waals surface area contributed by atoms with Crippen molar-refractivity contribution in [2.45, 2.75) is 0 Å². The van der Waals surface area contributed by atoms with Crippen LogP contribution in [0.15, 0.2) is 36.4 Å². The van der Waals surface area contributed by atoms with Crippen molar-refractivity contribution in [1.29, 1.82) is 0 Å². The molecule has 92 valence electrons. The maximum absolute atomic E-state index is 12.1. The number of carbonyl (C=O) groups is 1. The average molecular weight is 246 g/mol. The van der Waals surface area contributed by atoms with Gasteiger partial charge in [-0.1, -0.05) is 6.07 Å². The van der Waals surface area contributed by atoms with Crippen molar-refractivity contribution in [2.75, 3.05) is 0 Å². The van der Waals surface area contributed by atoms with E-state index in [4.69, 9.17) is 5.11 Å². The van der Waals surface area contributed by atoms with Gasteiger partial charge in [0.05, 0.1) is 5.56 Å². The summed E-state index contributed by atoms with van der Waals surface area (Å²) in [6.07, 6.45) is 0. The summed E-state index contributed by atoms with van der Waals surface area (Å²) in [6, 6.07) is 7.33. The molecular formula is C13H10O5. The van der Waals surface area contributed by atoms with Gasteiger partial charge in [0, 0.05) is 6.07 Å². The predicted octanol–water partition coefficient (Wildman–Crippen LogP) is 1.74. The number of hydrogen-bond acceptors (Lipinski definition) is 5. The van der Waals surface area contributed by atoms with E-state index in [0.29, 0.717) is 0 Å². The largest absolute Gasteiger partial charge is 0.508 e. The first-order valence-electron chi connectivity index (χ1n) is 5.08. The van der Waals surface area contributed by atoms with Crippen LogP contribution in [-0.4, -0.2) is 26.2 Å². The van der Waals surface area contributed by atoms with Crippen LogP contribution in [0.2, 0.25) is 0 Å². The lowest BCUT2D eigenvalue weighted by molar-refractivity contribution is 0.103. The molecule has 0 saturated carbocycles. The highest BCUT2D eigenvalue weighted by molar-refractivity contribution is 6.13. The van der Waals surface area contributed by atoms with Gasteiger partial charge in [-0.05, 0) is 24.3 Å². The molecule has 5 heteroatoms. The summed E-state index contributed by atoms with van der Waals surface area (Å²) in [5.74, 6) is -2.11. The molecule has 0 aliphatic rings. The molecule has 0 spiro atoms. The minimum atomic E-state index is -0.733. The Morgan fingerprint density at radius 1 is 0.833 bits per heavy atom. The van der Waals surface area contributed by atoms with Gasteiger partial charge in [0.25, 0.3) is 0 Å². The summed E-state index contributed by atoms with van der Waals surface area (Å²) in [7, 11) is 0. The van der Waals surface area contributed by atoms with Crippen LogP contribution in [0.5, 0.6) is 23.0 Å². The smallest absolute Gasteiger partial charge is 0.204 e. The maximum Gasteiger partial charge on any atom is 0.204 e. The molecule has 4 N–H and O–H groups in total. The Morgan fingerprint density at radius 2 is 1.44 bits per heavy atom. The van der Waals surface area contributed by atoms with Crippen LogP contribution < -0.4 is 0 Å². The molecule has 0 unspecified atom stereocenters. The topological polar surface area (TPSA) is 98.0 Å². The highest BCUT2D eigenvalue weighted by atomic mass is 16.3. The molecule has 0 bridgehead atoms. The Morgan fingerprint density at radius 3 is 2.00 bits per heavy atom. The van der Waals surface area contributed by atoms with E-state index in [9.17, 15) is 20.1 Å². The van der Waals surface area contributed by atoms with Gasteiger partial charge in [0.2, 0.25) is 5.78 Å². The second-order valence-electron chi connectivity index (χ2n) is 3.70. The Hall–Kier alpha value is -2.69. The molecule has 2 aromatic rings. The standard InChI is InChI=1S/C13H10O5/c14-7-4-5-8(11(17)6-7)13(18)12-9(15)2-1-3-10(12)16/h1-6,14-17H. The predicted molar refractivity (Wildman–Crippen MR) is 63.0 cm³/mol. The number of phenolic OH excluding ortho intramolecular Hbond substituents is 4. The van der Waals surface area contributed by atoms with E-state index in [1.165, 1.54) is 30.3 Å². The number of rotatable bonds is 2. The third-order valence-corrected chi connectivity index (χ3v) is 2.47. The molecule has 0 amide bonds. The fourth-order valence-electron chi connectivity index (χ4n) is 1.61. The van der Waals surface area contributed by atoms with Gasteiger partial charge in [0.15, 0.2) is 0 Å². The van der Waals surface area contributed by atoms with Crippen molar-refractivity contribution < 1.29 is 25.2 Å². The van der Waals surface area contributed by atoms with Crippen molar-refractivity contribution >= 4 is 5.78 Å². The van der Waals surface area contributed by atoms with Crippen molar-refractivity contribution in [3.63, 3.8) is 0 Å². The van der Waals surface area contributed by atoms with Gasteiger partial charge in [-0.3, -0.25) is 4.79 Å². The quantitative estimate of drug-likeness (QED) is 0.605. The molecule has 5 nitrogen and oxygen atoms in total. The Bertz CT molecular complexity index is 599. The summed E-state index contributed by atoms with van der Waals surface area (Å²) in [5.41, 5.74) is -0.414. The average Bonchev–Trinajstić information content (AvgIpc) is 2.28. The first-order chi connectivity index (χ1) is 8.50. The molecule has 0 aromatic heterocycles. The Balaban J connectivity index is 2.55. The zero-order valence-electron chi connectivity index (χ0n) is 9.16. The van der Waals surface area contributed by atoms with Gasteiger partial charge in [0.1, 0.15) is 28.6 Å². The van der Waals surface area contributed by atoms with Gasteiger partial charge < -0.3 is 20.4 Å². The van der Waals surface area contributed by atoms with Crippen molar-refractivity contribution in [2.24, 2.45) is 0 Å². The number of ketones is 1. The van der Waals surface area contributed by atoms with E-state index in [0.717, 1.165) is 6.07 Å². The number of carbonyl (C=O) groups excluding carboxylic acids is 1. The van der Waals surface area contributed by atoms with E-state index < -0.39 is 11.5 Å². The highest BCUT2D eigenvalue weighted by Crippen LogP contribution is 2.32. The monoisotopic (exact) mass is 246 g/mol. The summed E-state index contributed by atoms with van der Waals surface area (Å²) >= 11 is 0. The van der Waals surface area contributed by atoms with Crippen LogP contribution in [-0.2, 0) is 0 Å². The zero-order chi connectivity index (χ0) is 13.3. The third kappa shape index (κ3) is 1.93. The van der Waals surface area contributed by atoms with Crippen LogP contribution >= 0.6 is 0 Å². The van der Waals surface area contributed by atoms with E-state index in [1.54, 1.807) is 0 Å². The SMILES string of the molecule is O=C(c1ccc(O)cc1O)c1c(O)cccc1O. The minimum Gasteiger partial charge on any atom is -0.508 e. The van der Waals surface area contributed by atoms with Gasteiger partial charge in [-0.15, -0.1) is 0 Å². The van der Waals surface area contributed by atoms with Crippen molar-refractivity contribution in [3.05, 3.63) is 47.5 Å². The molecule has 0 radical (unpaired) electrons. The maximum atomic E-state index is 12.1. The van der Waals surface area contributed by atoms with E-state index >= 15 is 0 Å². The Labute approximate surface area is 102 Å². The molecule has 2 rings (SSSR count). The fraction of sp³-hybridized carbons (Fsp3) is 0. The van der Waals surface area contributed by atoms with Crippen molar-refractivity contribution in [1.82, 2.24) is 0 Å². The fourth-order valence-corrected chi connectivity index (χ4v) is 1.61. The molecule has 2 aromatic carbocycles. The first-order valence-corrected chi connectivity index (χ1v) is 5.08. The van der Waals surface area contributed by atoms with Crippen LogP contribution in [0.25, 0.3) is 0 Å². The summed E-state index contributed by atoms with van der Waals surface area (Å²) in [6.45, 7) is 0. The van der Waals surface area contributed by atoms with E-state index in [2.05, 4.69) is 0 Å². The highest BCUT2D eigenvalue weighted by Gasteiger charge is 2.20. The third-order valence-electron chi connectivity index (χ3n) is 2.47. The molecule has 0 atom stereocenters. The zero-order valence-corrected chi connectivity index (χ0v) is 9.16. The molecule has 0 saturated heterocycles. The van der Waals surface area contributed by atoms with E-state index in [1.807, 2.05) is 0 Å². The molecule has 18 heavy (non-hydrogen) atoms. The number of aromatic hydroxyl groups is 4. The van der Waals surface area contributed by atoms with Crippen molar-refractivity contribution in [3.8, 4) is 23.0 Å². The van der Waals surface area contributed by atoms with Gasteiger partial charge >= 0.3 is 0 Å². The van der Waals surface area contributed by atoms with Crippen LogP contribution in [0.3, 0.4) is 0 Å². The summed E-state index contributed by atoms with van der Waals surface area (Å²) < 4.78 is 0. The van der Waals surface area contributed by atoms with Gasteiger partial charge in [-0.25, -0.2) is 0 Å². The summed E-state index contributed by atoms with van der Waals surface area (Å²) in [5, 5.41) is 37.8. The second-order valence-corrected chi connectivity index (χ2v) is 3.70. The first kappa shape index (κ1) is 11.8. The van der Waals surface area contributed by atoms with Crippen LogP contribution in [0, 0.1) is 0 Å². The van der Waals surface area contributed by atoms with Crippen LogP contribution in [0.4, 0.5) is 0 Å². The lowest BCUT2D eigenvalue weighted by atomic mass is 10.0. The molecule has 0 aliphatic carbocycles. The minimum absolute atomic E-state index is 0.121. The van der Waals surface area contributed by atoms with Gasteiger partial charge in [-0.2, -0.15) is 0 Å². The van der Waals surface area contributed by atoms with Crippen LogP contribution in [0.1, 0.15) is 15.9 Å². The molecule has 0 heterocycles. The second kappa shape index (κ2) is 4.29. The molecule has 0 aliphatic heterocycles. The van der Waals surface area contributed by atoms with E-state index in [-0.39, 0.29) is 28.4 Å². The number of phenols is 4. The number of hydrogen-bond donors (Lipinski definition) is 4. The number of benzene rings is 2. The molecular weight excluding hydrogens is 236 g/mol. The molecule has 0 fully saturated rings. The lowest BCUT2D eigenvalue weighted by Crippen LogP contribution is -2.02. The lowest BCUT2D eigenvalue weighted by Gasteiger charge is -2.07. The summed E-state index contributed by atoms with van der Waals surface area (Å²) in [4.78, 5) is 12.1. The normalized spacial score (nSPS) is 10.2.